The van der Waals surface area contributed by atoms with Crippen LogP contribution in [0.4, 0.5) is 0 Å². The van der Waals surface area contributed by atoms with Gasteiger partial charge in [-0.1, -0.05) is 72.8 Å². The molecular weight excluding hydrogens is 424 g/mol. The predicted molar refractivity (Wildman–Crippen MR) is 136 cm³/mol. The molecule has 34 heavy (non-hydrogen) atoms. The fourth-order valence-corrected chi connectivity index (χ4v) is 3.45. The molecule has 0 spiro atoms. The number of allylic oxidation sites excluding steroid dienone is 2. The number of rotatable bonds is 7. The number of H-pyrrole nitrogens is 1. The molecule has 0 aliphatic heterocycles. The van der Waals surface area contributed by atoms with Gasteiger partial charge in [0.1, 0.15) is 5.70 Å². The second-order valence-corrected chi connectivity index (χ2v) is 7.67. The monoisotopic (exact) mass is 448 g/mol. The van der Waals surface area contributed by atoms with Crippen LogP contribution in [0.15, 0.2) is 114 Å². The first-order chi connectivity index (χ1) is 16.6. The van der Waals surface area contributed by atoms with Gasteiger partial charge in [0.25, 0.3) is 11.8 Å². The number of aromatic amines is 1. The van der Waals surface area contributed by atoms with Gasteiger partial charge in [-0.3, -0.25) is 9.59 Å². The maximum atomic E-state index is 12.9. The number of fused-ring (bicyclic) bond motifs is 1. The van der Waals surface area contributed by atoms with Gasteiger partial charge in [-0.2, -0.15) is 5.10 Å². The number of hydrazone groups is 1. The number of carbonyl (C=O) groups is 2. The van der Waals surface area contributed by atoms with Crippen molar-refractivity contribution in [2.45, 2.75) is 6.92 Å². The molecule has 0 unspecified atom stereocenters. The Hall–Kier alpha value is -4.71. The minimum Gasteiger partial charge on any atom is -0.361 e. The second-order valence-electron chi connectivity index (χ2n) is 7.67. The third-order valence-corrected chi connectivity index (χ3v) is 5.09. The van der Waals surface area contributed by atoms with Crippen molar-refractivity contribution in [3.05, 3.63) is 125 Å². The van der Waals surface area contributed by atoms with Crippen molar-refractivity contribution in [1.82, 2.24) is 15.7 Å². The third kappa shape index (κ3) is 5.75. The Morgan fingerprint density at radius 3 is 2.32 bits per heavy atom. The van der Waals surface area contributed by atoms with Crippen molar-refractivity contribution in [2.75, 3.05) is 0 Å². The highest BCUT2D eigenvalue weighted by atomic mass is 16.2. The van der Waals surface area contributed by atoms with Gasteiger partial charge >= 0.3 is 0 Å². The summed E-state index contributed by atoms with van der Waals surface area (Å²) in [5, 5.41) is 7.81. The van der Waals surface area contributed by atoms with Gasteiger partial charge in [-0.15, -0.1) is 0 Å². The summed E-state index contributed by atoms with van der Waals surface area (Å²) in [6.45, 7) is 1.87. The summed E-state index contributed by atoms with van der Waals surface area (Å²) in [6, 6.07) is 26.3. The quantitative estimate of drug-likeness (QED) is 0.160. The Bertz CT molecular complexity index is 1380. The molecule has 0 saturated carbocycles. The van der Waals surface area contributed by atoms with Gasteiger partial charge in [0.15, 0.2) is 0 Å². The Labute approximate surface area is 197 Å². The average molecular weight is 449 g/mol. The van der Waals surface area contributed by atoms with E-state index in [9.17, 15) is 9.59 Å². The van der Waals surface area contributed by atoms with Crippen molar-refractivity contribution in [1.29, 1.82) is 0 Å². The molecule has 0 aliphatic rings. The molecule has 0 atom stereocenters. The number of nitrogens with zero attached hydrogens (tertiary/aromatic N) is 1. The minimum absolute atomic E-state index is 0.0922. The summed E-state index contributed by atoms with van der Waals surface area (Å²) in [5.41, 5.74) is 6.67. The molecule has 1 aromatic heterocycles. The average Bonchev–Trinajstić information content (AvgIpc) is 3.27. The number of amides is 2. The van der Waals surface area contributed by atoms with Crippen LogP contribution in [0.5, 0.6) is 0 Å². The van der Waals surface area contributed by atoms with Crippen molar-refractivity contribution in [3.8, 4) is 0 Å². The summed E-state index contributed by atoms with van der Waals surface area (Å²) < 4.78 is 0. The van der Waals surface area contributed by atoms with Gasteiger partial charge in [0.05, 0.1) is 6.21 Å². The van der Waals surface area contributed by atoms with Crippen LogP contribution in [0.2, 0.25) is 0 Å². The second kappa shape index (κ2) is 10.7. The third-order valence-electron chi connectivity index (χ3n) is 5.09. The predicted octanol–water partition coefficient (Wildman–Crippen LogP) is 5.04. The lowest BCUT2D eigenvalue weighted by molar-refractivity contribution is -0.117. The van der Waals surface area contributed by atoms with Crippen LogP contribution in [-0.2, 0) is 4.79 Å². The largest absolute Gasteiger partial charge is 0.361 e. The van der Waals surface area contributed by atoms with Crippen molar-refractivity contribution in [3.63, 3.8) is 0 Å². The maximum Gasteiger partial charge on any atom is 0.287 e. The van der Waals surface area contributed by atoms with Crippen molar-refractivity contribution >= 4 is 35.0 Å². The van der Waals surface area contributed by atoms with Crippen LogP contribution in [-0.4, -0.2) is 23.0 Å². The zero-order chi connectivity index (χ0) is 23.8. The maximum absolute atomic E-state index is 12.9. The first-order valence-corrected chi connectivity index (χ1v) is 10.8. The molecule has 6 nitrogen and oxygen atoms in total. The summed E-state index contributed by atoms with van der Waals surface area (Å²) in [6.07, 6.45) is 6.95. The van der Waals surface area contributed by atoms with Gasteiger partial charge < -0.3 is 10.3 Å². The first kappa shape index (κ1) is 22.5. The van der Waals surface area contributed by atoms with Crippen LogP contribution in [0.1, 0.15) is 28.4 Å². The fourth-order valence-electron chi connectivity index (χ4n) is 3.45. The summed E-state index contributed by atoms with van der Waals surface area (Å²) in [5.74, 6) is -0.906. The molecule has 3 aromatic carbocycles. The molecule has 0 aliphatic carbocycles. The Morgan fingerprint density at radius 2 is 1.56 bits per heavy atom. The van der Waals surface area contributed by atoms with E-state index in [1.54, 1.807) is 36.6 Å². The molecule has 3 N–H and O–H groups in total. The normalized spacial score (nSPS) is 12.1. The Morgan fingerprint density at radius 1 is 0.882 bits per heavy atom. The zero-order valence-electron chi connectivity index (χ0n) is 18.7. The molecule has 4 rings (SSSR count). The number of hydrogen-bond donors (Lipinski definition) is 3. The van der Waals surface area contributed by atoms with Crippen molar-refractivity contribution < 1.29 is 9.59 Å². The molecule has 6 heteroatoms. The number of aromatic nitrogens is 1. The van der Waals surface area contributed by atoms with Crippen LogP contribution < -0.4 is 10.7 Å². The first-order valence-electron chi connectivity index (χ1n) is 10.8. The number of carbonyl (C=O) groups excluding carboxylic acids is 2. The minimum atomic E-state index is -0.527. The van der Waals surface area contributed by atoms with E-state index in [0.717, 1.165) is 27.6 Å². The number of para-hydroxylation sites is 1. The number of nitrogens with one attached hydrogen (secondary N) is 3. The van der Waals surface area contributed by atoms with E-state index < -0.39 is 5.91 Å². The van der Waals surface area contributed by atoms with Crippen LogP contribution >= 0.6 is 0 Å². The van der Waals surface area contributed by atoms with E-state index in [4.69, 9.17) is 0 Å². The van der Waals surface area contributed by atoms with Gasteiger partial charge in [-0.25, -0.2) is 5.43 Å². The summed E-state index contributed by atoms with van der Waals surface area (Å²) >= 11 is 0. The smallest absolute Gasteiger partial charge is 0.287 e. The van der Waals surface area contributed by atoms with Gasteiger partial charge in [0.2, 0.25) is 0 Å². The number of hydrogen-bond acceptors (Lipinski definition) is 3. The van der Waals surface area contributed by atoms with Crippen LogP contribution in [0.3, 0.4) is 0 Å². The highest BCUT2D eigenvalue weighted by Crippen LogP contribution is 2.15. The van der Waals surface area contributed by atoms with E-state index >= 15 is 0 Å². The molecule has 4 aromatic rings. The molecule has 0 bridgehead atoms. The standard InChI is InChI=1S/C28H24N4O2/c1-20(16-21-10-4-2-5-11-21)17-26(31-27(33)22-12-6-3-7-13-22)28(34)32-30-19-23-18-29-25-15-9-8-14-24(23)25/h2-19,29H,1H3,(H,31,33)(H,32,34)/b20-16+,26-17-,30-19+. The fraction of sp³-hybridized carbons (Fsp3) is 0.0357. The van der Waals surface area contributed by atoms with Crippen LogP contribution in [0.25, 0.3) is 17.0 Å². The lowest BCUT2D eigenvalue weighted by Gasteiger charge is -2.09. The molecule has 168 valence electrons. The SMILES string of the molecule is CC(/C=C(\NC(=O)c1ccccc1)C(=O)N/N=C/c1c[nH]c2ccccc12)=C\c1ccccc1. The Kier molecular flexibility index (Phi) is 7.10. The van der Waals surface area contributed by atoms with E-state index in [-0.39, 0.29) is 11.6 Å². The van der Waals surface area contributed by atoms with Crippen molar-refractivity contribution in [2.24, 2.45) is 5.10 Å². The lowest BCUT2D eigenvalue weighted by atomic mass is 10.1. The highest BCUT2D eigenvalue weighted by molar-refractivity contribution is 6.04. The van der Waals surface area contributed by atoms with E-state index in [0.29, 0.717) is 5.56 Å². The van der Waals surface area contributed by atoms with E-state index in [1.165, 1.54) is 0 Å². The number of benzene rings is 3. The molecule has 0 fully saturated rings. The highest BCUT2D eigenvalue weighted by Gasteiger charge is 2.14. The summed E-state index contributed by atoms with van der Waals surface area (Å²) in [7, 11) is 0. The Balaban J connectivity index is 1.55. The van der Waals surface area contributed by atoms with Gasteiger partial charge in [0, 0.05) is 28.2 Å². The molecule has 2 amide bonds. The van der Waals surface area contributed by atoms with E-state index in [2.05, 4.69) is 20.8 Å². The molecule has 0 saturated heterocycles. The summed E-state index contributed by atoms with van der Waals surface area (Å²) in [4.78, 5) is 28.8. The van der Waals surface area contributed by atoms with Crippen LogP contribution in [0, 0.1) is 0 Å². The van der Waals surface area contributed by atoms with Gasteiger partial charge in [-0.05, 0) is 42.3 Å². The zero-order valence-corrected chi connectivity index (χ0v) is 18.7. The molecule has 1 heterocycles. The molecule has 0 radical (unpaired) electrons. The van der Waals surface area contributed by atoms with E-state index in [1.807, 2.05) is 79.9 Å². The topological polar surface area (TPSA) is 86.3 Å². The lowest BCUT2D eigenvalue weighted by Crippen LogP contribution is -2.33. The molecular formula is C28H24N4O2.